The molecule has 0 aliphatic rings. The Kier molecular flexibility index (Phi) is 5.33. The summed E-state index contributed by atoms with van der Waals surface area (Å²) in [7, 11) is 0. The van der Waals surface area contributed by atoms with Crippen molar-refractivity contribution in [2.45, 2.75) is 32.6 Å². The summed E-state index contributed by atoms with van der Waals surface area (Å²) in [5.41, 5.74) is 6.90. The Morgan fingerprint density at radius 3 is 2.47 bits per heavy atom. The van der Waals surface area contributed by atoms with Crippen LogP contribution in [0.1, 0.15) is 31.7 Å². The molecule has 1 atom stereocenters. The molecule has 1 aromatic carbocycles. The third-order valence-corrected chi connectivity index (χ3v) is 2.74. The standard InChI is InChI=1S/C13H20FN/c1-2-3-4-12(10-15)9-11-5-7-13(14)8-6-11/h5-8,12H,2-4,9-10,15H2,1H3. The molecule has 0 saturated carbocycles. The minimum atomic E-state index is -0.170. The minimum absolute atomic E-state index is 0.170. The van der Waals surface area contributed by atoms with Crippen molar-refractivity contribution in [3.05, 3.63) is 35.6 Å². The molecular formula is C13H20FN. The van der Waals surface area contributed by atoms with Crippen molar-refractivity contribution >= 4 is 0 Å². The average Bonchev–Trinajstić information content (AvgIpc) is 2.27. The van der Waals surface area contributed by atoms with E-state index in [0.29, 0.717) is 5.92 Å². The number of rotatable bonds is 6. The van der Waals surface area contributed by atoms with Gasteiger partial charge >= 0.3 is 0 Å². The molecule has 1 aromatic rings. The normalized spacial score (nSPS) is 12.7. The average molecular weight is 209 g/mol. The summed E-state index contributed by atoms with van der Waals surface area (Å²) < 4.78 is 12.7. The van der Waals surface area contributed by atoms with E-state index in [1.165, 1.54) is 37.0 Å². The Morgan fingerprint density at radius 2 is 1.93 bits per heavy atom. The molecule has 1 unspecified atom stereocenters. The topological polar surface area (TPSA) is 26.0 Å². The molecular weight excluding hydrogens is 189 g/mol. The maximum absolute atomic E-state index is 12.7. The summed E-state index contributed by atoms with van der Waals surface area (Å²) in [5.74, 6) is 0.368. The molecule has 0 heterocycles. The van der Waals surface area contributed by atoms with Crippen LogP contribution >= 0.6 is 0 Å². The van der Waals surface area contributed by atoms with Gasteiger partial charge in [-0.2, -0.15) is 0 Å². The van der Waals surface area contributed by atoms with Crippen LogP contribution in [0.25, 0.3) is 0 Å². The molecule has 15 heavy (non-hydrogen) atoms. The van der Waals surface area contributed by atoms with E-state index in [0.717, 1.165) is 13.0 Å². The number of unbranched alkanes of at least 4 members (excludes halogenated alkanes) is 1. The van der Waals surface area contributed by atoms with E-state index in [1.807, 2.05) is 12.1 Å². The lowest BCUT2D eigenvalue weighted by Gasteiger charge is -2.13. The van der Waals surface area contributed by atoms with Gasteiger partial charge in [-0.1, -0.05) is 31.9 Å². The van der Waals surface area contributed by atoms with E-state index in [4.69, 9.17) is 5.73 Å². The van der Waals surface area contributed by atoms with Gasteiger partial charge in [0.15, 0.2) is 0 Å². The quantitative estimate of drug-likeness (QED) is 0.765. The van der Waals surface area contributed by atoms with Crippen LogP contribution < -0.4 is 5.73 Å². The van der Waals surface area contributed by atoms with Crippen molar-refractivity contribution in [1.29, 1.82) is 0 Å². The summed E-state index contributed by atoms with van der Waals surface area (Å²) in [4.78, 5) is 0. The monoisotopic (exact) mass is 209 g/mol. The summed E-state index contributed by atoms with van der Waals surface area (Å²) in [5, 5.41) is 0. The van der Waals surface area contributed by atoms with Gasteiger partial charge in [0.2, 0.25) is 0 Å². The van der Waals surface area contributed by atoms with E-state index in [9.17, 15) is 4.39 Å². The zero-order valence-corrected chi connectivity index (χ0v) is 9.38. The lowest BCUT2D eigenvalue weighted by molar-refractivity contribution is 0.472. The highest BCUT2D eigenvalue weighted by atomic mass is 19.1. The second-order valence-electron chi connectivity index (χ2n) is 4.07. The Labute approximate surface area is 91.5 Å². The first-order valence-electron chi connectivity index (χ1n) is 5.70. The molecule has 0 aliphatic carbocycles. The predicted molar refractivity (Wildman–Crippen MR) is 62.2 cm³/mol. The fraction of sp³-hybridized carbons (Fsp3) is 0.538. The molecule has 0 saturated heterocycles. The van der Waals surface area contributed by atoms with E-state index in [-0.39, 0.29) is 5.82 Å². The summed E-state index contributed by atoms with van der Waals surface area (Å²) >= 11 is 0. The SMILES string of the molecule is CCCCC(CN)Cc1ccc(F)cc1. The molecule has 1 rings (SSSR count). The number of halogens is 1. The van der Waals surface area contributed by atoms with Gasteiger partial charge in [0.05, 0.1) is 0 Å². The van der Waals surface area contributed by atoms with Crippen molar-refractivity contribution < 1.29 is 4.39 Å². The van der Waals surface area contributed by atoms with Gasteiger partial charge < -0.3 is 5.73 Å². The minimum Gasteiger partial charge on any atom is -0.330 e. The van der Waals surface area contributed by atoms with Gasteiger partial charge in [-0.3, -0.25) is 0 Å². The third-order valence-electron chi connectivity index (χ3n) is 2.74. The van der Waals surface area contributed by atoms with Crippen molar-refractivity contribution in [2.75, 3.05) is 6.54 Å². The number of hydrogen-bond acceptors (Lipinski definition) is 1. The first-order chi connectivity index (χ1) is 7.26. The molecule has 0 bridgehead atoms. The molecule has 0 aromatic heterocycles. The van der Waals surface area contributed by atoms with Gasteiger partial charge in [-0.25, -0.2) is 4.39 Å². The maximum atomic E-state index is 12.7. The van der Waals surface area contributed by atoms with Crippen LogP contribution in [-0.2, 0) is 6.42 Å². The molecule has 0 fully saturated rings. The smallest absolute Gasteiger partial charge is 0.123 e. The lowest BCUT2D eigenvalue weighted by atomic mass is 9.94. The molecule has 0 amide bonds. The summed E-state index contributed by atoms with van der Waals surface area (Å²) in [6, 6.07) is 6.74. The zero-order chi connectivity index (χ0) is 11.1. The first-order valence-corrected chi connectivity index (χ1v) is 5.70. The second kappa shape index (κ2) is 6.57. The van der Waals surface area contributed by atoms with Crippen LogP contribution in [-0.4, -0.2) is 6.54 Å². The van der Waals surface area contributed by atoms with Crippen LogP contribution in [0.3, 0.4) is 0 Å². The van der Waals surface area contributed by atoms with E-state index in [2.05, 4.69) is 6.92 Å². The number of hydrogen-bond donors (Lipinski definition) is 1. The van der Waals surface area contributed by atoms with Crippen molar-refractivity contribution in [1.82, 2.24) is 0 Å². The Balaban J connectivity index is 2.47. The van der Waals surface area contributed by atoms with Gasteiger partial charge in [0, 0.05) is 0 Å². The van der Waals surface area contributed by atoms with Crippen LogP contribution in [0.2, 0.25) is 0 Å². The Bertz CT molecular complexity index is 268. The van der Waals surface area contributed by atoms with E-state index in [1.54, 1.807) is 0 Å². The molecule has 84 valence electrons. The highest BCUT2D eigenvalue weighted by molar-refractivity contribution is 5.16. The highest BCUT2D eigenvalue weighted by Gasteiger charge is 2.07. The molecule has 2 N–H and O–H groups in total. The second-order valence-corrected chi connectivity index (χ2v) is 4.07. The fourth-order valence-corrected chi connectivity index (χ4v) is 1.75. The molecule has 0 spiro atoms. The number of benzene rings is 1. The van der Waals surface area contributed by atoms with Crippen LogP contribution in [0.4, 0.5) is 4.39 Å². The van der Waals surface area contributed by atoms with Crippen molar-refractivity contribution in [2.24, 2.45) is 11.7 Å². The predicted octanol–water partition coefficient (Wildman–Crippen LogP) is 3.13. The van der Waals surface area contributed by atoms with Gasteiger partial charge in [0.1, 0.15) is 5.82 Å². The van der Waals surface area contributed by atoms with Gasteiger partial charge in [0.25, 0.3) is 0 Å². The van der Waals surface area contributed by atoms with Crippen LogP contribution in [0, 0.1) is 11.7 Å². The Morgan fingerprint density at radius 1 is 1.27 bits per heavy atom. The molecule has 0 radical (unpaired) electrons. The van der Waals surface area contributed by atoms with Crippen LogP contribution in [0.15, 0.2) is 24.3 Å². The number of nitrogens with two attached hydrogens (primary N) is 1. The first kappa shape index (κ1) is 12.2. The highest BCUT2D eigenvalue weighted by Crippen LogP contribution is 2.14. The fourth-order valence-electron chi connectivity index (χ4n) is 1.75. The van der Waals surface area contributed by atoms with Gasteiger partial charge in [-0.05, 0) is 43.0 Å². The van der Waals surface area contributed by atoms with Gasteiger partial charge in [-0.15, -0.1) is 0 Å². The van der Waals surface area contributed by atoms with Crippen molar-refractivity contribution in [3.8, 4) is 0 Å². The lowest BCUT2D eigenvalue weighted by Crippen LogP contribution is -2.16. The summed E-state index contributed by atoms with van der Waals surface area (Å²) in [6.45, 7) is 2.91. The van der Waals surface area contributed by atoms with Crippen molar-refractivity contribution in [3.63, 3.8) is 0 Å². The largest absolute Gasteiger partial charge is 0.330 e. The van der Waals surface area contributed by atoms with Crippen LogP contribution in [0.5, 0.6) is 0 Å². The molecule has 2 heteroatoms. The third kappa shape index (κ3) is 4.43. The maximum Gasteiger partial charge on any atom is 0.123 e. The van der Waals surface area contributed by atoms with E-state index >= 15 is 0 Å². The zero-order valence-electron chi connectivity index (χ0n) is 9.38. The summed E-state index contributed by atoms with van der Waals surface area (Å²) in [6.07, 6.45) is 4.57. The molecule has 0 aliphatic heterocycles. The Hall–Kier alpha value is -0.890. The molecule has 1 nitrogen and oxygen atoms in total. The van der Waals surface area contributed by atoms with E-state index < -0.39 is 0 Å².